The Hall–Kier alpha value is -0.690. The van der Waals surface area contributed by atoms with Crippen LogP contribution in [0.1, 0.15) is 12.5 Å². The minimum atomic E-state index is 1.00. The average Bonchev–Trinajstić information content (AvgIpc) is 2.06. The number of rotatable bonds is 2. The lowest BCUT2D eigenvalue weighted by molar-refractivity contribution is 1.15. The van der Waals surface area contributed by atoms with Gasteiger partial charge in [0.05, 0.1) is 0 Å². The maximum Gasteiger partial charge on any atom is -0.00618 e. The molecule has 0 fully saturated rings. The van der Waals surface area contributed by atoms with E-state index in [2.05, 4.69) is 43.8 Å². The Balaban J connectivity index is 2.65. The molecule has 0 radical (unpaired) electrons. The Kier molecular flexibility index (Phi) is 3.24. The third kappa shape index (κ3) is 2.81. The molecule has 0 nitrogen and oxygen atoms in total. The number of hydrogen-bond acceptors (Lipinski definition) is 1. The molecule has 0 spiro atoms. The van der Waals surface area contributed by atoms with Crippen molar-refractivity contribution in [3.05, 3.63) is 46.9 Å². The standard InChI is InChI=1S/C10H12S/c1-9(8-11)7-10-5-3-2-4-6-10/h2-6,8,11H,7H2,1H3/b9-8+. The molecule has 0 aliphatic rings. The zero-order valence-corrected chi connectivity index (χ0v) is 7.51. The van der Waals surface area contributed by atoms with Gasteiger partial charge in [-0.2, -0.15) is 12.6 Å². The molecule has 0 aliphatic carbocycles. The summed E-state index contributed by atoms with van der Waals surface area (Å²) in [7, 11) is 0. The Morgan fingerprint density at radius 1 is 1.36 bits per heavy atom. The van der Waals surface area contributed by atoms with Gasteiger partial charge >= 0.3 is 0 Å². The first-order valence-electron chi connectivity index (χ1n) is 3.66. The lowest BCUT2D eigenvalue weighted by Gasteiger charge is -1.98. The smallest absolute Gasteiger partial charge is 0.00618 e. The SMILES string of the molecule is C/C(=C\S)Cc1ccccc1. The van der Waals surface area contributed by atoms with Gasteiger partial charge in [0.25, 0.3) is 0 Å². The molecular formula is C10H12S. The second-order valence-corrected chi connectivity index (χ2v) is 2.90. The van der Waals surface area contributed by atoms with Crippen molar-refractivity contribution in [1.82, 2.24) is 0 Å². The lowest BCUT2D eigenvalue weighted by Crippen LogP contribution is -1.83. The van der Waals surface area contributed by atoms with Crippen LogP contribution in [0.5, 0.6) is 0 Å². The van der Waals surface area contributed by atoms with Gasteiger partial charge in [-0.3, -0.25) is 0 Å². The van der Waals surface area contributed by atoms with Crippen LogP contribution < -0.4 is 0 Å². The van der Waals surface area contributed by atoms with Crippen LogP contribution >= 0.6 is 12.6 Å². The molecule has 0 heterocycles. The zero-order valence-electron chi connectivity index (χ0n) is 6.62. The van der Waals surface area contributed by atoms with E-state index in [0.29, 0.717) is 0 Å². The summed E-state index contributed by atoms with van der Waals surface area (Å²) in [5, 5.41) is 1.85. The molecule has 0 saturated carbocycles. The topological polar surface area (TPSA) is 0 Å². The van der Waals surface area contributed by atoms with Crippen molar-refractivity contribution in [1.29, 1.82) is 0 Å². The normalized spacial score (nSPS) is 11.6. The highest BCUT2D eigenvalue weighted by Crippen LogP contribution is 2.07. The summed E-state index contributed by atoms with van der Waals surface area (Å²) in [5.74, 6) is 0. The second kappa shape index (κ2) is 4.24. The molecule has 11 heavy (non-hydrogen) atoms. The molecule has 0 unspecified atom stereocenters. The second-order valence-electron chi connectivity index (χ2n) is 2.64. The molecule has 1 heteroatoms. The summed E-state index contributed by atoms with van der Waals surface area (Å²) in [4.78, 5) is 0. The van der Waals surface area contributed by atoms with E-state index in [1.54, 1.807) is 0 Å². The van der Waals surface area contributed by atoms with Gasteiger partial charge in [0.15, 0.2) is 0 Å². The van der Waals surface area contributed by atoms with Crippen molar-refractivity contribution < 1.29 is 0 Å². The molecule has 0 aliphatic heterocycles. The predicted molar refractivity (Wildman–Crippen MR) is 52.9 cm³/mol. The van der Waals surface area contributed by atoms with Crippen LogP contribution in [0.15, 0.2) is 41.3 Å². The highest BCUT2D eigenvalue weighted by atomic mass is 32.1. The van der Waals surface area contributed by atoms with E-state index in [4.69, 9.17) is 0 Å². The first-order chi connectivity index (χ1) is 5.33. The predicted octanol–water partition coefficient (Wildman–Crippen LogP) is 3.06. The average molecular weight is 164 g/mol. The van der Waals surface area contributed by atoms with Gasteiger partial charge in [-0.25, -0.2) is 0 Å². The first kappa shape index (κ1) is 8.41. The van der Waals surface area contributed by atoms with Crippen molar-refractivity contribution in [2.45, 2.75) is 13.3 Å². The molecule has 0 atom stereocenters. The van der Waals surface area contributed by atoms with Crippen LogP contribution in [0, 0.1) is 0 Å². The van der Waals surface area contributed by atoms with Gasteiger partial charge in [0.2, 0.25) is 0 Å². The van der Waals surface area contributed by atoms with Crippen molar-refractivity contribution in [2.75, 3.05) is 0 Å². The Bertz CT molecular complexity index is 236. The summed E-state index contributed by atoms with van der Waals surface area (Å²) >= 11 is 4.08. The minimum absolute atomic E-state index is 1.00. The molecule has 1 aromatic rings. The summed E-state index contributed by atoms with van der Waals surface area (Å²) in [5.41, 5.74) is 2.63. The van der Waals surface area contributed by atoms with Crippen LogP contribution in [0.4, 0.5) is 0 Å². The molecule has 0 N–H and O–H groups in total. The Morgan fingerprint density at radius 2 is 2.00 bits per heavy atom. The van der Waals surface area contributed by atoms with Crippen molar-refractivity contribution in [2.24, 2.45) is 0 Å². The molecule has 0 saturated heterocycles. The maximum absolute atomic E-state index is 4.08. The van der Waals surface area contributed by atoms with Crippen LogP contribution in [-0.2, 0) is 6.42 Å². The van der Waals surface area contributed by atoms with Gasteiger partial charge in [-0.15, -0.1) is 0 Å². The quantitative estimate of drug-likeness (QED) is 0.638. The summed E-state index contributed by atoms with van der Waals surface area (Å²) < 4.78 is 0. The molecule has 1 aromatic carbocycles. The highest BCUT2D eigenvalue weighted by molar-refractivity contribution is 7.83. The van der Waals surface area contributed by atoms with E-state index in [-0.39, 0.29) is 0 Å². The number of hydrogen-bond donors (Lipinski definition) is 1. The van der Waals surface area contributed by atoms with Crippen molar-refractivity contribution >= 4 is 12.6 Å². The zero-order chi connectivity index (χ0) is 8.10. The van der Waals surface area contributed by atoms with Gasteiger partial charge in [-0.05, 0) is 24.3 Å². The van der Waals surface area contributed by atoms with E-state index in [1.807, 2.05) is 11.5 Å². The Morgan fingerprint density at radius 3 is 2.55 bits per heavy atom. The van der Waals surface area contributed by atoms with Crippen molar-refractivity contribution in [3.8, 4) is 0 Å². The van der Waals surface area contributed by atoms with Gasteiger partial charge in [-0.1, -0.05) is 35.9 Å². The van der Waals surface area contributed by atoms with Crippen LogP contribution in [0.3, 0.4) is 0 Å². The third-order valence-corrected chi connectivity index (χ3v) is 1.99. The molecule has 0 bridgehead atoms. The van der Waals surface area contributed by atoms with Gasteiger partial charge in [0.1, 0.15) is 0 Å². The lowest BCUT2D eigenvalue weighted by atomic mass is 10.1. The van der Waals surface area contributed by atoms with E-state index < -0.39 is 0 Å². The van der Waals surface area contributed by atoms with E-state index >= 15 is 0 Å². The number of allylic oxidation sites excluding steroid dienone is 1. The van der Waals surface area contributed by atoms with Gasteiger partial charge < -0.3 is 0 Å². The minimum Gasteiger partial charge on any atom is -0.151 e. The van der Waals surface area contributed by atoms with Crippen molar-refractivity contribution in [3.63, 3.8) is 0 Å². The fourth-order valence-corrected chi connectivity index (χ4v) is 1.05. The molecule has 58 valence electrons. The molecular weight excluding hydrogens is 152 g/mol. The number of benzene rings is 1. The molecule has 0 aromatic heterocycles. The highest BCUT2D eigenvalue weighted by Gasteiger charge is 1.90. The van der Waals surface area contributed by atoms with E-state index in [0.717, 1.165) is 6.42 Å². The van der Waals surface area contributed by atoms with E-state index in [9.17, 15) is 0 Å². The van der Waals surface area contributed by atoms with Gasteiger partial charge in [0, 0.05) is 0 Å². The number of thiol groups is 1. The fraction of sp³-hybridized carbons (Fsp3) is 0.200. The van der Waals surface area contributed by atoms with Crippen LogP contribution in [0.2, 0.25) is 0 Å². The summed E-state index contributed by atoms with van der Waals surface area (Å²) in [6.07, 6.45) is 1.00. The molecule has 0 amide bonds. The van der Waals surface area contributed by atoms with Crippen LogP contribution in [0.25, 0.3) is 0 Å². The molecule has 1 rings (SSSR count). The van der Waals surface area contributed by atoms with Crippen LogP contribution in [-0.4, -0.2) is 0 Å². The monoisotopic (exact) mass is 164 g/mol. The summed E-state index contributed by atoms with van der Waals surface area (Å²) in [6.45, 7) is 2.08. The fourth-order valence-electron chi connectivity index (χ4n) is 0.963. The first-order valence-corrected chi connectivity index (χ1v) is 4.18. The maximum atomic E-state index is 4.08. The Labute approximate surface area is 73.4 Å². The van der Waals surface area contributed by atoms with E-state index in [1.165, 1.54) is 11.1 Å². The largest absolute Gasteiger partial charge is 0.151 e. The third-order valence-electron chi connectivity index (χ3n) is 1.55. The summed E-state index contributed by atoms with van der Waals surface area (Å²) in [6, 6.07) is 10.4.